The van der Waals surface area contributed by atoms with E-state index in [4.69, 9.17) is 9.26 Å². The minimum absolute atomic E-state index is 0.0250. The van der Waals surface area contributed by atoms with Crippen molar-refractivity contribution < 1.29 is 14.1 Å². The summed E-state index contributed by atoms with van der Waals surface area (Å²) in [5.41, 5.74) is 2.37. The number of hydrogen-bond acceptors (Lipinski definition) is 5. The lowest BCUT2D eigenvalue weighted by Gasteiger charge is -2.17. The summed E-state index contributed by atoms with van der Waals surface area (Å²) >= 11 is 0. The maximum atomic E-state index is 12.4. The Morgan fingerprint density at radius 2 is 2.17 bits per heavy atom. The van der Waals surface area contributed by atoms with Crippen LogP contribution in [-0.2, 0) is 6.61 Å². The number of rotatable bonds is 7. The Bertz CT molecular complexity index is 647. The maximum Gasteiger partial charge on any atom is 0.253 e. The van der Waals surface area contributed by atoms with Gasteiger partial charge in [-0.25, -0.2) is 0 Å². The van der Waals surface area contributed by atoms with Gasteiger partial charge >= 0.3 is 0 Å². The quantitative estimate of drug-likeness (QED) is 0.847. The first kappa shape index (κ1) is 17.0. The van der Waals surface area contributed by atoms with Crippen molar-refractivity contribution >= 4 is 5.91 Å². The van der Waals surface area contributed by atoms with Gasteiger partial charge in [0, 0.05) is 25.7 Å². The smallest absolute Gasteiger partial charge is 0.253 e. The molecule has 1 aromatic heterocycles. The fourth-order valence-electron chi connectivity index (χ4n) is 2.18. The number of aryl methyl sites for hydroxylation is 2. The van der Waals surface area contributed by atoms with Gasteiger partial charge < -0.3 is 19.5 Å². The van der Waals surface area contributed by atoms with Gasteiger partial charge in [0.25, 0.3) is 5.91 Å². The number of carbonyl (C=O) groups excluding carboxylic acids is 1. The highest BCUT2D eigenvalue weighted by Gasteiger charge is 2.13. The third-order valence-electron chi connectivity index (χ3n) is 3.69. The Kier molecular flexibility index (Phi) is 5.76. The van der Waals surface area contributed by atoms with Crippen molar-refractivity contribution in [1.29, 1.82) is 0 Å². The Labute approximate surface area is 136 Å². The Morgan fingerprint density at radius 1 is 1.39 bits per heavy atom. The highest BCUT2D eigenvalue weighted by Crippen LogP contribution is 2.19. The number of ether oxygens (including phenoxy) is 1. The number of likely N-dealkylation sites (N-methyl/N-ethyl adjacent to an activating group) is 2. The van der Waals surface area contributed by atoms with E-state index in [0.717, 1.165) is 23.6 Å². The second-order valence-corrected chi connectivity index (χ2v) is 5.45. The van der Waals surface area contributed by atoms with Gasteiger partial charge in [0.15, 0.2) is 0 Å². The molecule has 6 heteroatoms. The molecular weight excluding hydrogens is 294 g/mol. The molecule has 1 N–H and O–H groups in total. The topological polar surface area (TPSA) is 67.6 Å². The molecule has 1 aromatic carbocycles. The summed E-state index contributed by atoms with van der Waals surface area (Å²) in [6.45, 7) is 5.51. The average molecular weight is 317 g/mol. The van der Waals surface area contributed by atoms with Crippen LogP contribution in [0.4, 0.5) is 0 Å². The van der Waals surface area contributed by atoms with Crippen LogP contribution in [-0.4, -0.2) is 43.1 Å². The molecule has 0 radical (unpaired) electrons. The summed E-state index contributed by atoms with van der Waals surface area (Å²) in [6.07, 6.45) is 0. The first-order valence-electron chi connectivity index (χ1n) is 7.57. The molecule has 0 aliphatic rings. The summed E-state index contributed by atoms with van der Waals surface area (Å²) in [6, 6.07) is 7.21. The normalized spacial score (nSPS) is 10.6. The summed E-state index contributed by atoms with van der Waals surface area (Å²) in [4.78, 5) is 14.0. The largest absolute Gasteiger partial charge is 0.489 e. The van der Waals surface area contributed by atoms with Crippen molar-refractivity contribution in [3.05, 3.63) is 46.8 Å². The van der Waals surface area contributed by atoms with Crippen LogP contribution < -0.4 is 10.1 Å². The van der Waals surface area contributed by atoms with Crippen LogP contribution in [0.3, 0.4) is 0 Å². The Balaban J connectivity index is 2.03. The van der Waals surface area contributed by atoms with Gasteiger partial charge in [-0.05, 0) is 39.1 Å². The average Bonchev–Trinajstić information content (AvgIpc) is 2.88. The lowest BCUT2D eigenvalue weighted by atomic mass is 10.2. The lowest BCUT2D eigenvalue weighted by Crippen LogP contribution is -2.32. The highest BCUT2D eigenvalue weighted by atomic mass is 16.5. The van der Waals surface area contributed by atoms with Crippen molar-refractivity contribution in [2.45, 2.75) is 20.5 Å². The van der Waals surface area contributed by atoms with Gasteiger partial charge in [0.05, 0.1) is 11.3 Å². The molecule has 0 atom stereocenters. The van der Waals surface area contributed by atoms with Gasteiger partial charge in [-0.2, -0.15) is 0 Å². The van der Waals surface area contributed by atoms with Crippen LogP contribution in [0.25, 0.3) is 0 Å². The van der Waals surface area contributed by atoms with Gasteiger partial charge in [-0.1, -0.05) is 11.2 Å². The number of carbonyl (C=O) groups is 1. The third-order valence-corrected chi connectivity index (χ3v) is 3.69. The van der Waals surface area contributed by atoms with E-state index >= 15 is 0 Å². The van der Waals surface area contributed by atoms with Crippen molar-refractivity contribution in [1.82, 2.24) is 15.4 Å². The van der Waals surface area contributed by atoms with E-state index in [1.165, 1.54) is 0 Å². The molecule has 0 fully saturated rings. The summed E-state index contributed by atoms with van der Waals surface area (Å²) in [7, 11) is 3.65. The van der Waals surface area contributed by atoms with Gasteiger partial charge in [-0.15, -0.1) is 0 Å². The summed E-state index contributed by atoms with van der Waals surface area (Å²) in [5.74, 6) is 1.38. The molecule has 0 spiro atoms. The van der Waals surface area contributed by atoms with Crippen LogP contribution in [0, 0.1) is 13.8 Å². The fraction of sp³-hybridized carbons (Fsp3) is 0.412. The number of amides is 1. The third kappa shape index (κ3) is 4.32. The molecule has 23 heavy (non-hydrogen) atoms. The molecule has 2 aromatic rings. The van der Waals surface area contributed by atoms with E-state index in [-0.39, 0.29) is 5.91 Å². The summed E-state index contributed by atoms with van der Waals surface area (Å²) < 4.78 is 10.9. The molecule has 124 valence electrons. The van der Waals surface area contributed by atoms with E-state index in [2.05, 4.69) is 10.5 Å². The van der Waals surface area contributed by atoms with Crippen LogP contribution in [0.15, 0.2) is 28.8 Å². The van der Waals surface area contributed by atoms with Crippen LogP contribution in [0.1, 0.15) is 27.4 Å². The standard InChI is InChI=1S/C17H23N3O3/c1-12-16(13(2)23-19-12)11-22-15-7-5-6-14(10-15)17(21)20(4)9-8-18-3/h5-7,10,18H,8-9,11H2,1-4H3. The molecule has 0 unspecified atom stereocenters. The Morgan fingerprint density at radius 3 is 2.83 bits per heavy atom. The number of nitrogens with one attached hydrogen (secondary N) is 1. The highest BCUT2D eigenvalue weighted by molar-refractivity contribution is 5.94. The number of hydrogen-bond donors (Lipinski definition) is 1. The van der Waals surface area contributed by atoms with Crippen molar-refractivity contribution in [3.8, 4) is 5.75 Å². The number of benzene rings is 1. The van der Waals surface area contributed by atoms with Crippen LogP contribution >= 0.6 is 0 Å². The van der Waals surface area contributed by atoms with Crippen molar-refractivity contribution in [3.63, 3.8) is 0 Å². The number of aromatic nitrogens is 1. The predicted octanol–water partition coefficient (Wildman–Crippen LogP) is 2.16. The minimum atomic E-state index is -0.0250. The van der Waals surface area contributed by atoms with E-state index in [9.17, 15) is 4.79 Å². The zero-order chi connectivity index (χ0) is 16.8. The molecule has 1 heterocycles. The van der Waals surface area contributed by atoms with Gasteiger partial charge in [-0.3, -0.25) is 4.79 Å². The van der Waals surface area contributed by atoms with Crippen molar-refractivity contribution in [2.24, 2.45) is 0 Å². The summed E-state index contributed by atoms with van der Waals surface area (Å²) in [5, 5.41) is 6.93. The first-order chi connectivity index (χ1) is 11.0. The van der Waals surface area contributed by atoms with Gasteiger partial charge in [0.2, 0.25) is 0 Å². The molecule has 6 nitrogen and oxygen atoms in total. The minimum Gasteiger partial charge on any atom is -0.489 e. The zero-order valence-electron chi connectivity index (χ0n) is 14.0. The molecule has 0 saturated carbocycles. The zero-order valence-corrected chi connectivity index (χ0v) is 14.0. The second kappa shape index (κ2) is 7.78. The maximum absolute atomic E-state index is 12.4. The van der Waals surface area contributed by atoms with E-state index in [1.807, 2.05) is 33.0 Å². The Hall–Kier alpha value is -2.34. The lowest BCUT2D eigenvalue weighted by molar-refractivity contribution is 0.0796. The van der Waals surface area contributed by atoms with E-state index in [1.54, 1.807) is 24.1 Å². The SMILES string of the molecule is CNCCN(C)C(=O)c1cccc(OCc2c(C)noc2C)c1. The fourth-order valence-corrected chi connectivity index (χ4v) is 2.18. The monoisotopic (exact) mass is 317 g/mol. The van der Waals surface area contributed by atoms with Crippen LogP contribution in [0.5, 0.6) is 5.75 Å². The molecule has 0 aliphatic heterocycles. The van der Waals surface area contributed by atoms with Crippen molar-refractivity contribution in [2.75, 3.05) is 27.2 Å². The second-order valence-electron chi connectivity index (χ2n) is 5.45. The molecule has 0 bridgehead atoms. The molecule has 2 rings (SSSR count). The first-order valence-corrected chi connectivity index (χ1v) is 7.57. The number of nitrogens with zero attached hydrogens (tertiary/aromatic N) is 2. The molecular formula is C17H23N3O3. The van der Waals surface area contributed by atoms with E-state index < -0.39 is 0 Å². The molecule has 0 saturated heterocycles. The molecule has 1 amide bonds. The predicted molar refractivity (Wildman–Crippen MR) is 87.6 cm³/mol. The van der Waals surface area contributed by atoms with Gasteiger partial charge in [0.1, 0.15) is 18.1 Å². The molecule has 0 aliphatic carbocycles. The van der Waals surface area contributed by atoms with E-state index in [0.29, 0.717) is 24.5 Å². The van der Waals surface area contributed by atoms with Crippen LogP contribution in [0.2, 0.25) is 0 Å².